The van der Waals surface area contributed by atoms with Crippen molar-refractivity contribution in [3.8, 4) is 0 Å². The molecule has 2 heterocycles. The number of nitrogens with zero attached hydrogens (tertiary/aromatic N) is 1. The predicted octanol–water partition coefficient (Wildman–Crippen LogP) is 5.22. The molecule has 1 spiro atoms. The van der Waals surface area contributed by atoms with Crippen LogP contribution in [0.1, 0.15) is 54.3 Å². The average Bonchev–Trinajstić information content (AvgIpc) is 3.43. The van der Waals surface area contributed by atoms with E-state index < -0.39 is 53.5 Å². The number of fused-ring (bicyclic) bond motifs is 2. The maximum absolute atomic E-state index is 13.9. The Bertz CT molecular complexity index is 1220. The molecule has 0 bridgehead atoms. The van der Waals surface area contributed by atoms with Crippen molar-refractivity contribution in [1.82, 2.24) is 10.2 Å². The lowest BCUT2D eigenvalue weighted by molar-refractivity contribution is -0.186. The van der Waals surface area contributed by atoms with Crippen LogP contribution >= 0.6 is 15.9 Å². The van der Waals surface area contributed by atoms with E-state index in [0.717, 1.165) is 17.0 Å². The monoisotopic (exact) mass is 554 g/mol. The summed E-state index contributed by atoms with van der Waals surface area (Å²) in [5.74, 6) is -2.59. The molecule has 3 amide bonds. The predicted molar refractivity (Wildman–Crippen MR) is 117 cm³/mol. The summed E-state index contributed by atoms with van der Waals surface area (Å²) in [4.78, 5) is 38.8. The molecule has 2 aromatic rings. The van der Waals surface area contributed by atoms with E-state index in [1.54, 1.807) is 18.2 Å². The minimum Gasteiger partial charge on any atom is -0.427 e. The number of ether oxygens (including phenoxy) is 1. The first-order valence-electron chi connectivity index (χ1n) is 11.0. The number of carbonyl (C=O) groups excluding carboxylic acids is 3. The molecule has 4 atom stereocenters. The third kappa shape index (κ3) is 3.99. The minimum atomic E-state index is -4.64. The Hall–Kier alpha value is -2.95. The van der Waals surface area contributed by atoms with Crippen LogP contribution < -0.4 is 5.32 Å². The largest absolute Gasteiger partial charge is 0.427 e. The fraction of sp³-hybridized carbons (Fsp3) is 0.375. The van der Waals surface area contributed by atoms with Gasteiger partial charge in [0.25, 0.3) is 5.91 Å². The lowest BCUT2D eigenvalue weighted by Gasteiger charge is -2.33. The molecule has 2 aliphatic heterocycles. The molecule has 11 heteroatoms. The minimum absolute atomic E-state index is 0.0617. The first-order chi connectivity index (χ1) is 16.5. The van der Waals surface area contributed by atoms with Gasteiger partial charge in [0.1, 0.15) is 11.9 Å². The van der Waals surface area contributed by atoms with Gasteiger partial charge in [0.15, 0.2) is 0 Å². The Morgan fingerprint density at radius 2 is 1.86 bits per heavy atom. The maximum atomic E-state index is 13.9. The molecule has 2 saturated heterocycles. The van der Waals surface area contributed by atoms with Gasteiger partial charge >= 0.3 is 12.3 Å². The summed E-state index contributed by atoms with van der Waals surface area (Å²) >= 11 is 3.35. The van der Waals surface area contributed by atoms with Gasteiger partial charge in [0.05, 0.1) is 6.04 Å². The van der Waals surface area contributed by atoms with Crippen molar-refractivity contribution in [2.24, 2.45) is 0 Å². The van der Waals surface area contributed by atoms with Gasteiger partial charge in [-0.2, -0.15) is 13.2 Å². The molecule has 1 N–H and O–H groups in total. The van der Waals surface area contributed by atoms with Crippen LogP contribution in [0.2, 0.25) is 0 Å². The van der Waals surface area contributed by atoms with Crippen molar-refractivity contribution in [2.45, 2.75) is 55.5 Å². The highest BCUT2D eigenvalue weighted by Crippen LogP contribution is 2.52. The van der Waals surface area contributed by atoms with Gasteiger partial charge in [-0.1, -0.05) is 34.1 Å². The van der Waals surface area contributed by atoms with Gasteiger partial charge in [-0.05, 0) is 54.2 Å². The molecule has 0 saturated carbocycles. The van der Waals surface area contributed by atoms with Crippen molar-refractivity contribution in [2.75, 3.05) is 0 Å². The zero-order valence-corrected chi connectivity index (χ0v) is 19.7. The second-order valence-corrected chi connectivity index (χ2v) is 9.93. The number of amides is 3. The Balaban J connectivity index is 1.48. The van der Waals surface area contributed by atoms with Crippen LogP contribution in [0.4, 0.5) is 22.4 Å². The van der Waals surface area contributed by atoms with E-state index in [4.69, 9.17) is 4.74 Å². The zero-order chi connectivity index (χ0) is 25.1. The van der Waals surface area contributed by atoms with E-state index in [1.165, 1.54) is 12.1 Å². The molecular weight excluding hydrogens is 536 g/mol. The van der Waals surface area contributed by atoms with Crippen LogP contribution in [-0.2, 0) is 19.9 Å². The normalized spacial score (nSPS) is 27.8. The van der Waals surface area contributed by atoms with E-state index in [-0.39, 0.29) is 25.7 Å². The van der Waals surface area contributed by atoms with Crippen molar-refractivity contribution in [3.05, 3.63) is 69.4 Å². The number of alkyl halides is 3. The quantitative estimate of drug-likeness (QED) is 0.528. The van der Waals surface area contributed by atoms with Crippen LogP contribution in [-0.4, -0.2) is 35.0 Å². The van der Waals surface area contributed by atoms with Gasteiger partial charge in [-0.3, -0.25) is 14.9 Å². The van der Waals surface area contributed by atoms with E-state index in [1.807, 2.05) is 0 Å². The van der Waals surface area contributed by atoms with Crippen LogP contribution in [0.15, 0.2) is 46.9 Å². The highest BCUT2D eigenvalue weighted by Gasteiger charge is 2.58. The highest BCUT2D eigenvalue weighted by atomic mass is 79.9. The van der Waals surface area contributed by atoms with Crippen molar-refractivity contribution in [1.29, 1.82) is 0 Å². The molecule has 35 heavy (non-hydrogen) atoms. The van der Waals surface area contributed by atoms with Crippen molar-refractivity contribution < 1.29 is 36.7 Å². The molecule has 1 aliphatic carbocycles. The number of rotatable bonds is 3. The maximum Gasteiger partial charge on any atom is 0.415 e. The number of hydrogen-bond acceptors (Lipinski definition) is 4. The number of halogens is 5. The molecule has 2 aromatic carbocycles. The summed E-state index contributed by atoms with van der Waals surface area (Å²) in [5.41, 5.74) is -0.242. The molecular formula is C24H19BrF4N2O4. The van der Waals surface area contributed by atoms with Crippen LogP contribution in [0, 0.1) is 5.82 Å². The number of nitrogens with one attached hydrogen (secondary N) is 1. The Labute approximate surface area is 205 Å². The highest BCUT2D eigenvalue weighted by molar-refractivity contribution is 9.10. The van der Waals surface area contributed by atoms with E-state index >= 15 is 0 Å². The van der Waals surface area contributed by atoms with E-state index in [0.29, 0.717) is 21.2 Å². The second kappa shape index (κ2) is 8.32. The van der Waals surface area contributed by atoms with Gasteiger partial charge < -0.3 is 9.64 Å². The molecule has 5 rings (SSSR count). The van der Waals surface area contributed by atoms with E-state index in [9.17, 15) is 31.9 Å². The molecule has 0 radical (unpaired) electrons. The van der Waals surface area contributed by atoms with Crippen LogP contribution in [0.5, 0.6) is 0 Å². The number of carbonyl (C=O) groups is 3. The number of benzene rings is 2. The standard InChI is InChI=1S/C24H19BrF4N2O4/c25-14-3-6-17-16(10-14)13(11-23(17)21(33)30-22(34)35-23)9-20(32)31-18(7-8-19(31)24(27,28)29)12-1-4-15(26)5-2-12/h1-6,10,13,18-19H,7-9,11H2,(H,30,33,34)/t13?,18-,19+,23+/m0/s1. The fourth-order valence-electron chi connectivity index (χ4n) is 5.53. The molecule has 184 valence electrons. The Morgan fingerprint density at radius 1 is 1.14 bits per heavy atom. The van der Waals surface area contributed by atoms with Crippen molar-refractivity contribution in [3.63, 3.8) is 0 Å². The molecule has 1 unspecified atom stereocenters. The molecule has 6 nitrogen and oxygen atoms in total. The second-order valence-electron chi connectivity index (χ2n) is 9.01. The molecule has 2 fully saturated rings. The van der Waals surface area contributed by atoms with Gasteiger partial charge in [0, 0.05) is 22.9 Å². The number of alkyl carbamates (subject to hydrolysis) is 1. The summed E-state index contributed by atoms with van der Waals surface area (Å²) in [7, 11) is 0. The third-order valence-corrected chi connectivity index (χ3v) is 7.49. The number of imide groups is 1. The third-order valence-electron chi connectivity index (χ3n) is 7.00. The number of likely N-dealkylation sites (tertiary alicyclic amines) is 1. The summed E-state index contributed by atoms with van der Waals surface area (Å²) in [5, 5.41) is 2.11. The molecule has 3 aliphatic rings. The zero-order valence-electron chi connectivity index (χ0n) is 18.1. The first kappa shape index (κ1) is 23.8. The van der Waals surface area contributed by atoms with Gasteiger partial charge in [-0.15, -0.1) is 0 Å². The summed E-state index contributed by atoms with van der Waals surface area (Å²) < 4.78 is 61.1. The summed E-state index contributed by atoms with van der Waals surface area (Å²) in [6.45, 7) is 0. The van der Waals surface area contributed by atoms with E-state index in [2.05, 4.69) is 21.2 Å². The average molecular weight is 555 g/mol. The first-order valence-corrected chi connectivity index (χ1v) is 11.8. The van der Waals surface area contributed by atoms with Gasteiger partial charge in [0.2, 0.25) is 11.5 Å². The summed E-state index contributed by atoms with van der Waals surface area (Å²) in [6, 6.07) is 7.20. The fourth-order valence-corrected chi connectivity index (χ4v) is 5.91. The van der Waals surface area contributed by atoms with Crippen molar-refractivity contribution >= 4 is 33.8 Å². The SMILES string of the molecule is O=C1NC(=O)[C@]2(CC(CC(=O)N3[C@H](c4ccc(F)cc4)CC[C@@H]3C(F)(F)F)c3cc(Br)ccc32)O1. The molecule has 0 aromatic heterocycles. The summed E-state index contributed by atoms with van der Waals surface area (Å²) in [6.07, 6.45) is -6.12. The van der Waals surface area contributed by atoms with Crippen LogP contribution in [0.25, 0.3) is 0 Å². The lowest BCUT2D eigenvalue weighted by Crippen LogP contribution is -2.46. The number of hydrogen-bond donors (Lipinski definition) is 1. The lowest BCUT2D eigenvalue weighted by atomic mass is 9.93. The topological polar surface area (TPSA) is 75.7 Å². The smallest absolute Gasteiger partial charge is 0.415 e. The van der Waals surface area contributed by atoms with Gasteiger partial charge in [-0.25, -0.2) is 9.18 Å². The Morgan fingerprint density at radius 3 is 2.49 bits per heavy atom. The van der Waals surface area contributed by atoms with Crippen LogP contribution in [0.3, 0.4) is 0 Å². The Kier molecular flexibility index (Phi) is 5.65.